The lowest BCUT2D eigenvalue weighted by atomic mass is 10.2. The van der Waals surface area contributed by atoms with E-state index in [2.05, 4.69) is 10.6 Å². The zero-order valence-electron chi connectivity index (χ0n) is 15.3. The Bertz CT molecular complexity index is 702. The predicted octanol–water partition coefficient (Wildman–Crippen LogP) is 0.302. The molecule has 146 valence electrons. The number of unbranched alkanes of at least 4 members (excludes halogenated alkanes) is 1. The summed E-state index contributed by atoms with van der Waals surface area (Å²) in [7, 11) is -3.64. The van der Waals surface area contributed by atoms with E-state index in [0.29, 0.717) is 26.2 Å². The second kappa shape index (κ2) is 10.9. The number of hydrogen-bond acceptors (Lipinski definition) is 5. The van der Waals surface area contributed by atoms with Crippen LogP contribution in [0.25, 0.3) is 0 Å². The van der Waals surface area contributed by atoms with Crippen molar-refractivity contribution in [3.63, 3.8) is 0 Å². The number of nitrogens with zero attached hydrogens (tertiary/aromatic N) is 1. The summed E-state index contributed by atoms with van der Waals surface area (Å²) in [6, 6.07) is 5.80. The highest BCUT2D eigenvalue weighted by Crippen LogP contribution is 2.16. The van der Waals surface area contributed by atoms with Crippen LogP contribution in [-0.4, -0.2) is 57.3 Å². The van der Waals surface area contributed by atoms with Crippen LogP contribution in [0.3, 0.4) is 0 Å². The molecule has 0 aliphatic carbocycles. The first-order valence-corrected chi connectivity index (χ1v) is 10.2. The molecular weight excluding hydrogens is 356 g/mol. The van der Waals surface area contributed by atoms with Crippen molar-refractivity contribution in [1.82, 2.24) is 14.9 Å². The molecule has 8 nitrogen and oxygen atoms in total. The smallest absolute Gasteiger partial charge is 0.251 e. The zero-order valence-corrected chi connectivity index (χ0v) is 16.1. The van der Waals surface area contributed by atoms with E-state index in [1.807, 2.05) is 0 Å². The summed E-state index contributed by atoms with van der Waals surface area (Å²) in [6.45, 7) is 5.10. The number of benzene rings is 1. The van der Waals surface area contributed by atoms with Crippen LogP contribution >= 0.6 is 0 Å². The standard InChI is InChI=1S/C17H28N4O4S/c1-3-21(4-2)26(24,25)15-9-7-8-14(12-15)17(23)20-13-16(22)19-11-6-5-10-18/h7-9,12H,3-6,10-11,13,18H2,1-2H3,(H,19,22)(H,20,23). The first-order chi connectivity index (χ1) is 12.4. The molecule has 2 amide bonds. The Labute approximate surface area is 155 Å². The molecule has 0 saturated heterocycles. The van der Waals surface area contributed by atoms with Gasteiger partial charge in [-0.3, -0.25) is 9.59 Å². The van der Waals surface area contributed by atoms with E-state index in [1.54, 1.807) is 13.8 Å². The Hall–Kier alpha value is -1.97. The summed E-state index contributed by atoms with van der Waals surface area (Å²) >= 11 is 0. The molecular formula is C17H28N4O4S. The lowest BCUT2D eigenvalue weighted by Gasteiger charge is -2.18. The van der Waals surface area contributed by atoms with Gasteiger partial charge >= 0.3 is 0 Å². The van der Waals surface area contributed by atoms with E-state index in [4.69, 9.17) is 5.73 Å². The average Bonchev–Trinajstić information content (AvgIpc) is 2.64. The number of nitrogens with one attached hydrogen (secondary N) is 2. The highest BCUT2D eigenvalue weighted by atomic mass is 32.2. The maximum Gasteiger partial charge on any atom is 0.251 e. The Kier molecular flexibility index (Phi) is 9.25. The van der Waals surface area contributed by atoms with Gasteiger partial charge in [-0.25, -0.2) is 8.42 Å². The minimum absolute atomic E-state index is 0.0556. The molecule has 0 bridgehead atoms. The van der Waals surface area contributed by atoms with E-state index in [0.717, 1.165) is 12.8 Å². The number of carbonyl (C=O) groups excluding carboxylic acids is 2. The molecule has 0 atom stereocenters. The van der Waals surface area contributed by atoms with Gasteiger partial charge in [-0.05, 0) is 37.6 Å². The molecule has 0 unspecified atom stereocenters. The molecule has 0 saturated carbocycles. The zero-order chi connectivity index (χ0) is 19.6. The summed E-state index contributed by atoms with van der Waals surface area (Å²) in [6.07, 6.45) is 1.60. The second-order valence-corrected chi connectivity index (χ2v) is 7.58. The summed E-state index contributed by atoms with van der Waals surface area (Å²) < 4.78 is 26.4. The van der Waals surface area contributed by atoms with Crippen LogP contribution in [0, 0.1) is 0 Å². The molecule has 9 heteroatoms. The van der Waals surface area contributed by atoms with Crippen LogP contribution in [0.5, 0.6) is 0 Å². The summed E-state index contributed by atoms with van der Waals surface area (Å²) in [5.74, 6) is -0.805. The molecule has 0 aliphatic heterocycles. The molecule has 0 radical (unpaired) electrons. The van der Waals surface area contributed by atoms with Crippen molar-refractivity contribution in [3.05, 3.63) is 29.8 Å². The molecule has 0 spiro atoms. The number of sulfonamides is 1. The maximum atomic E-state index is 12.5. The molecule has 26 heavy (non-hydrogen) atoms. The van der Waals surface area contributed by atoms with Crippen molar-refractivity contribution < 1.29 is 18.0 Å². The van der Waals surface area contributed by atoms with E-state index in [1.165, 1.54) is 28.6 Å². The quantitative estimate of drug-likeness (QED) is 0.474. The van der Waals surface area contributed by atoms with Crippen molar-refractivity contribution in [2.75, 3.05) is 32.7 Å². The average molecular weight is 385 g/mol. The van der Waals surface area contributed by atoms with Gasteiger partial charge in [0.2, 0.25) is 15.9 Å². The van der Waals surface area contributed by atoms with E-state index in [9.17, 15) is 18.0 Å². The van der Waals surface area contributed by atoms with Crippen LogP contribution in [0.15, 0.2) is 29.2 Å². The van der Waals surface area contributed by atoms with Gasteiger partial charge in [0.15, 0.2) is 0 Å². The van der Waals surface area contributed by atoms with Crippen molar-refractivity contribution in [2.45, 2.75) is 31.6 Å². The van der Waals surface area contributed by atoms with Crippen LogP contribution in [0.4, 0.5) is 0 Å². The van der Waals surface area contributed by atoms with Gasteiger partial charge in [0.1, 0.15) is 0 Å². The highest BCUT2D eigenvalue weighted by Gasteiger charge is 2.22. The topological polar surface area (TPSA) is 122 Å². The fourth-order valence-electron chi connectivity index (χ4n) is 2.33. The number of amides is 2. The van der Waals surface area contributed by atoms with Crippen molar-refractivity contribution in [1.29, 1.82) is 0 Å². The first kappa shape index (κ1) is 22.1. The molecule has 4 N–H and O–H groups in total. The molecule has 0 aliphatic rings. The Morgan fingerprint density at radius 1 is 1.12 bits per heavy atom. The van der Waals surface area contributed by atoms with Gasteiger partial charge < -0.3 is 16.4 Å². The second-order valence-electron chi connectivity index (χ2n) is 5.65. The SMILES string of the molecule is CCN(CC)S(=O)(=O)c1cccc(C(=O)NCC(=O)NCCCCN)c1. The summed E-state index contributed by atoms with van der Waals surface area (Å²) in [5, 5.41) is 5.17. The largest absolute Gasteiger partial charge is 0.355 e. The van der Waals surface area contributed by atoms with E-state index < -0.39 is 15.9 Å². The van der Waals surface area contributed by atoms with Crippen molar-refractivity contribution in [3.8, 4) is 0 Å². The lowest BCUT2D eigenvalue weighted by Crippen LogP contribution is -2.37. The third-order valence-electron chi connectivity index (χ3n) is 3.80. The Morgan fingerprint density at radius 3 is 2.42 bits per heavy atom. The molecule has 0 fully saturated rings. The fourth-order valence-corrected chi connectivity index (χ4v) is 3.84. The third kappa shape index (κ3) is 6.40. The molecule has 0 heterocycles. The minimum atomic E-state index is -3.64. The highest BCUT2D eigenvalue weighted by molar-refractivity contribution is 7.89. The van der Waals surface area contributed by atoms with Gasteiger partial charge in [-0.1, -0.05) is 19.9 Å². The predicted molar refractivity (Wildman–Crippen MR) is 100 cm³/mol. The molecule has 1 aromatic carbocycles. The minimum Gasteiger partial charge on any atom is -0.355 e. The van der Waals surface area contributed by atoms with Crippen molar-refractivity contribution in [2.24, 2.45) is 5.73 Å². The summed E-state index contributed by atoms with van der Waals surface area (Å²) in [4.78, 5) is 23.9. The van der Waals surface area contributed by atoms with Gasteiger partial charge in [0.05, 0.1) is 11.4 Å². The normalized spacial score (nSPS) is 11.4. The van der Waals surface area contributed by atoms with Crippen LogP contribution < -0.4 is 16.4 Å². The van der Waals surface area contributed by atoms with E-state index in [-0.39, 0.29) is 22.9 Å². The van der Waals surface area contributed by atoms with Crippen LogP contribution in [0.1, 0.15) is 37.0 Å². The number of rotatable bonds is 11. The van der Waals surface area contributed by atoms with E-state index >= 15 is 0 Å². The van der Waals surface area contributed by atoms with Gasteiger partial charge in [-0.15, -0.1) is 0 Å². The Morgan fingerprint density at radius 2 is 1.81 bits per heavy atom. The van der Waals surface area contributed by atoms with Gasteiger partial charge in [-0.2, -0.15) is 4.31 Å². The van der Waals surface area contributed by atoms with Gasteiger partial charge in [0.25, 0.3) is 5.91 Å². The Balaban J connectivity index is 2.70. The monoisotopic (exact) mass is 384 g/mol. The summed E-state index contributed by atoms with van der Waals surface area (Å²) in [5.41, 5.74) is 5.56. The number of hydrogen-bond donors (Lipinski definition) is 3. The number of nitrogens with two attached hydrogens (primary N) is 1. The van der Waals surface area contributed by atoms with Crippen molar-refractivity contribution >= 4 is 21.8 Å². The first-order valence-electron chi connectivity index (χ1n) is 8.72. The van der Waals surface area contributed by atoms with Gasteiger partial charge in [0, 0.05) is 25.2 Å². The maximum absolute atomic E-state index is 12.5. The molecule has 0 aromatic heterocycles. The fraction of sp³-hybridized carbons (Fsp3) is 0.529. The number of carbonyl (C=O) groups is 2. The van der Waals surface area contributed by atoms with Crippen LogP contribution in [-0.2, 0) is 14.8 Å². The third-order valence-corrected chi connectivity index (χ3v) is 5.85. The molecule has 1 rings (SSSR count). The van der Waals surface area contributed by atoms with Crippen LogP contribution in [0.2, 0.25) is 0 Å². The lowest BCUT2D eigenvalue weighted by molar-refractivity contribution is -0.120. The molecule has 1 aromatic rings.